The predicted molar refractivity (Wildman–Crippen MR) is 192 cm³/mol. The topological polar surface area (TPSA) is 113 Å². The number of aromatic nitrogens is 3. The van der Waals surface area contributed by atoms with Crippen LogP contribution >= 0.6 is 11.6 Å². The van der Waals surface area contributed by atoms with Gasteiger partial charge in [-0.2, -0.15) is 0 Å². The third-order valence-corrected chi connectivity index (χ3v) is 13.2. The molecule has 4 aromatic rings. The fraction of sp³-hybridized carbons (Fsp3) is 0.405. The SMILES string of the molecule is C[C@H]1[C@H]([Si](C)(C)F)[C@@H](CCn2cc(C(CO)c3ccccc3)nn2)O[C@]12C(=O)N(Cc1ccc(N3CCNCC3=O)cc1)c1ccc(Cl)cc12. The number of ether oxygens (including phenoxy) is 1. The van der Waals surface area contributed by atoms with E-state index in [0.717, 1.165) is 23.4 Å². The first kappa shape index (κ1) is 34.5. The van der Waals surface area contributed by atoms with Crippen molar-refractivity contribution >= 4 is 43.2 Å². The number of halogens is 2. The van der Waals surface area contributed by atoms with Crippen molar-refractivity contribution < 1.29 is 23.5 Å². The molecule has 2 fully saturated rings. The van der Waals surface area contributed by atoms with Crippen molar-refractivity contribution in [1.82, 2.24) is 20.3 Å². The lowest BCUT2D eigenvalue weighted by Gasteiger charge is -2.31. The number of piperazine rings is 1. The number of benzene rings is 3. The third-order valence-electron chi connectivity index (χ3n) is 10.5. The minimum absolute atomic E-state index is 0.0214. The number of aliphatic hydroxyl groups excluding tert-OH is 1. The highest BCUT2D eigenvalue weighted by Gasteiger charge is 2.66. The third kappa shape index (κ3) is 6.17. The molecular weight excluding hydrogens is 675 g/mol. The maximum Gasteiger partial charge on any atom is 0.264 e. The summed E-state index contributed by atoms with van der Waals surface area (Å²) in [5.41, 5.74) is 2.76. The van der Waals surface area contributed by atoms with Gasteiger partial charge in [0, 0.05) is 53.6 Å². The van der Waals surface area contributed by atoms with Gasteiger partial charge in [-0.05, 0) is 61.0 Å². The molecule has 0 bridgehead atoms. The molecule has 13 heteroatoms. The van der Waals surface area contributed by atoms with Gasteiger partial charge in [0.2, 0.25) is 14.3 Å². The molecule has 1 unspecified atom stereocenters. The Morgan fingerprint density at radius 3 is 2.58 bits per heavy atom. The fourth-order valence-electron chi connectivity index (χ4n) is 8.19. The average molecular weight is 717 g/mol. The summed E-state index contributed by atoms with van der Waals surface area (Å²) >= 11 is 6.56. The molecule has 1 aromatic heterocycles. The Kier molecular flexibility index (Phi) is 9.42. The standard InChI is InChI=1S/C37H42ClFN6O4Si/c1-24-35(50(2,3)39)33(15-17-43-22-31(41-42-43)29(23-46)26-7-5-4-6-8-26)49-37(24)30-19-27(38)11-14-32(30)45(36(37)48)21-25-9-12-28(13-10-25)44-18-16-40-20-34(44)47/h4-14,19,22,24,29,33,35,40,46H,15-18,20-21,23H2,1-3H3/t24-,29?,33+,35-,37+/m0/s1. The van der Waals surface area contributed by atoms with E-state index in [9.17, 15) is 14.7 Å². The zero-order valence-electron chi connectivity index (χ0n) is 28.4. The van der Waals surface area contributed by atoms with Gasteiger partial charge in [0.25, 0.3) is 5.91 Å². The smallest absolute Gasteiger partial charge is 0.264 e. The number of nitrogens with one attached hydrogen (secondary N) is 1. The van der Waals surface area contributed by atoms with Gasteiger partial charge in [0.1, 0.15) is 0 Å². The van der Waals surface area contributed by atoms with E-state index < -0.39 is 31.6 Å². The van der Waals surface area contributed by atoms with Crippen LogP contribution in [-0.2, 0) is 33.0 Å². The van der Waals surface area contributed by atoms with Crippen LogP contribution in [0.1, 0.15) is 41.6 Å². The van der Waals surface area contributed by atoms with Gasteiger partial charge >= 0.3 is 0 Å². The van der Waals surface area contributed by atoms with Crippen LogP contribution in [0.2, 0.25) is 23.7 Å². The van der Waals surface area contributed by atoms with E-state index in [4.69, 9.17) is 16.3 Å². The first-order valence-corrected chi connectivity index (χ1v) is 20.5. The number of fused-ring (bicyclic) bond motifs is 2. The molecule has 2 saturated heterocycles. The summed E-state index contributed by atoms with van der Waals surface area (Å²) in [6.07, 6.45) is 1.68. The molecule has 262 valence electrons. The van der Waals surface area contributed by atoms with Crippen molar-refractivity contribution in [1.29, 1.82) is 0 Å². The summed E-state index contributed by atoms with van der Waals surface area (Å²) < 4.78 is 25.0. The molecule has 3 aromatic carbocycles. The fourth-order valence-corrected chi connectivity index (χ4v) is 10.9. The van der Waals surface area contributed by atoms with E-state index in [1.807, 2.05) is 73.8 Å². The number of carbonyl (C=O) groups excluding carboxylic acids is 2. The van der Waals surface area contributed by atoms with Crippen molar-refractivity contribution in [2.45, 2.75) is 62.7 Å². The van der Waals surface area contributed by atoms with E-state index in [1.165, 1.54) is 0 Å². The van der Waals surface area contributed by atoms with E-state index >= 15 is 4.11 Å². The molecule has 5 atom stereocenters. The Balaban J connectivity index is 1.15. The molecule has 50 heavy (non-hydrogen) atoms. The Hall–Kier alpha value is -3.94. The van der Waals surface area contributed by atoms with Crippen LogP contribution in [0.3, 0.4) is 0 Å². The first-order chi connectivity index (χ1) is 24.0. The van der Waals surface area contributed by atoms with Crippen molar-refractivity contribution in [3.05, 3.63) is 106 Å². The molecule has 3 aliphatic heterocycles. The second-order valence-electron chi connectivity index (χ2n) is 14.1. The molecule has 10 nitrogen and oxygen atoms in total. The van der Waals surface area contributed by atoms with E-state index in [-0.39, 0.29) is 30.9 Å². The van der Waals surface area contributed by atoms with Gasteiger partial charge in [-0.3, -0.25) is 14.3 Å². The van der Waals surface area contributed by atoms with E-state index in [1.54, 1.807) is 39.7 Å². The van der Waals surface area contributed by atoms with Crippen LogP contribution in [0.15, 0.2) is 79.0 Å². The number of anilines is 2. The van der Waals surface area contributed by atoms with Crippen LogP contribution in [0.4, 0.5) is 15.5 Å². The lowest BCUT2D eigenvalue weighted by molar-refractivity contribution is -0.146. The normalized spacial score (nSPS) is 24.3. The maximum atomic E-state index is 16.4. The number of amides is 2. The molecule has 4 heterocycles. The predicted octanol–water partition coefficient (Wildman–Crippen LogP) is 5.40. The van der Waals surface area contributed by atoms with Gasteiger partial charge in [0.15, 0.2) is 5.60 Å². The number of nitrogens with zero attached hydrogens (tertiary/aromatic N) is 5. The summed E-state index contributed by atoms with van der Waals surface area (Å²) in [6.45, 7) is 7.51. The van der Waals surface area contributed by atoms with Crippen LogP contribution in [-0.4, -0.2) is 72.7 Å². The van der Waals surface area contributed by atoms with Gasteiger partial charge in [0.05, 0.1) is 43.1 Å². The number of carbonyl (C=O) groups is 2. The number of hydrogen-bond acceptors (Lipinski definition) is 7. The quantitative estimate of drug-likeness (QED) is 0.167. The molecule has 0 aliphatic carbocycles. The zero-order valence-corrected chi connectivity index (χ0v) is 30.2. The Bertz CT molecular complexity index is 1870. The first-order valence-electron chi connectivity index (χ1n) is 17.2. The Morgan fingerprint density at radius 1 is 1.12 bits per heavy atom. The second kappa shape index (κ2) is 13.6. The highest BCUT2D eigenvalue weighted by Crippen LogP contribution is 2.60. The van der Waals surface area contributed by atoms with Gasteiger partial charge in [-0.15, -0.1) is 5.10 Å². The molecule has 1 spiro atoms. The van der Waals surface area contributed by atoms with Gasteiger partial charge in [-0.1, -0.05) is 66.2 Å². The monoisotopic (exact) mass is 716 g/mol. The van der Waals surface area contributed by atoms with Crippen molar-refractivity contribution in [3.8, 4) is 0 Å². The molecule has 0 radical (unpaired) electrons. The highest BCUT2D eigenvalue weighted by molar-refractivity contribution is 6.72. The van der Waals surface area contributed by atoms with Crippen molar-refractivity contribution in [2.24, 2.45) is 5.92 Å². The maximum absolute atomic E-state index is 16.4. The van der Waals surface area contributed by atoms with Crippen LogP contribution in [0, 0.1) is 5.92 Å². The van der Waals surface area contributed by atoms with Crippen LogP contribution < -0.4 is 15.1 Å². The van der Waals surface area contributed by atoms with Crippen molar-refractivity contribution in [2.75, 3.05) is 36.0 Å². The molecule has 2 amide bonds. The molecule has 7 rings (SSSR count). The Morgan fingerprint density at radius 2 is 1.88 bits per heavy atom. The summed E-state index contributed by atoms with van der Waals surface area (Å²) in [6, 6.07) is 22.7. The zero-order chi connectivity index (χ0) is 35.2. The lowest BCUT2D eigenvalue weighted by atomic mass is 9.82. The minimum atomic E-state index is -3.38. The molecule has 3 aliphatic rings. The van der Waals surface area contributed by atoms with Crippen LogP contribution in [0.25, 0.3) is 0 Å². The number of aryl methyl sites for hydroxylation is 1. The van der Waals surface area contributed by atoms with E-state index in [2.05, 4.69) is 15.6 Å². The summed E-state index contributed by atoms with van der Waals surface area (Å²) in [5, 5.41) is 22.4. The summed E-state index contributed by atoms with van der Waals surface area (Å²) in [5.74, 6) is -0.984. The largest absolute Gasteiger partial charge is 0.395 e. The van der Waals surface area contributed by atoms with Crippen molar-refractivity contribution in [3.63, 3.8) is 0 Å². The lowest BCUT2D eigenvalue weighted by Crippen LogP contribution is -2.48. The average Bonchev–Trinajstić information content (AvgIpc) is 3.75. The second-order valence-corrected chi connectivity index (χ2v) is 18.3. The molecular formula is C37H42ClFN6O4Si. The molecule has 0 saturated carbocycles. The minimum Gasteiger partial charge on any atom is -0.395 e. The summed E-state index contributed by atoms with van der Waals surface area (Å²) in [7, 11) is -3.38. The Labute approximate surface area is 297 Å². The number of hydrogen-bond donors (Lipinski definition) is 2. The van der Waals surface area contributed by atoms with Gasteiger partial charge in [-0.25, -0.2) is 0 Å². The van der Waals surface area contributed by atoms with Gasteiger partial charge < -0.3 is 29.1 Å². The van der Waals surface area contributed by atoms with E-state index in [0.29, 0.717) is 48.0 Å². The number of rotatable bonds is 10. The number of aliphatic hydroxyl groups is 1. The summed E-state index contributed by atoms with van der Waals surface area (Å²) in [4.78, 5) is 30.7. The highest BCUT2D eigenvalue weighted by atomic mass is 35.5. The molecule has 2 N–H and O–H groups in total. The van der Waals surface area contributed by atoms with Crippen LogP contribution in [0.5, 0.6) is 0 Å².